The number of aromatic nitrogens is 2. The van der Waals surface area contributed by atoms with Gasteiger partial charge in [0.2, 0.25) is 5.95 Å². The third-order valence-electron chi connectivity index (χ3n) is 10.9. The number of halogens is 1. The Labute approximate surface area is 273 Å². The van der Waals surface area contributed by atoms with Crippen molar-refractivity contribution < 1.29 is 9.53 Å². The Balaban J connectivity index is 1.04. The summed E-state index contributed by atoms with van der Waals surface area (Å²) in [6.45, 7) is 9.44. The van der Waals surface area contributed by atoms with Crippen LogP contribution in [0.1, 0.15) is 103 Å². The molecule has 0 saturated heterocycles. The van der Waals surface area contributed by atoms with Crippen LogP contribution in [0.2, 0.25) is 5.02 Å². The van der Waals surface area contributed by atoms with E-state index in [1.807, 2.05) is 45.0 Å². The van der Waals surface area contributed by atoms with Crippen molar-refractivity contribution >= 4 is 29.3 Å². The number of carbonyl (C=O) groups excluding carboxylic acids is 1. The van der Waals surface area contributed by atoms with Crippen molar-refractivity contribution in [1.29, 1.82) is 5.26 Å². The maximum atomic E-state index is 12.5. The summed E-state index contributed by atoms with van der Waals surface area (Å²) >= 11 is 6.32. The second-order valence-electron chi connectivity index (χ2n) is 15.9. The molecule has 8 nitrogen and oxygen atoms in total. The zero-order chi connectivity index (χ0) is 31.8. The van der Waals surface area contributed by atoms with Gasteiger partial charge in [0, 0.05) is 30.2 Å². The molecule has 5 fully saturated rings. The lowest BCUT2D eigenvalue weighted by atomic mass is 9.47. The minimum absolute atomic E-state index is 0.0353. The van der Waals surface area contributed by atoms with Gasteiger partial charge in [0.25, 0.3) is 0 Å². The molecule has 9 heteroatoms. The first kappa shape index (κ1) is 32.1. The number of rotatable bonds is 10. The Morgan fingerprint density at radius 3 is 2.49 bits per heavy atom. The fraction of sp³-hybridized carbons (Fsp3) is 0.667. The molecule has 0 amide bonds. The normalized spacial score (nSPS) is 32.1. The number of benzene rings is 1. The fourth-order valence-corrected chi connectivity index (χ4v) is 9.31. The van der Waals surface area contributed by atoms with Crippen LogP contribution in [0.5, 0.6) is 0 Å². The smallest absolute Gasteiger partial charge is 0.306 e. The zero-order valence-electron chi connectivity index (χ0n) is 27.3. The van der Waals surface area contributed by atoms with E-state index in [9.17, 15) is 10.1 Å². The average molecular weight is 633 g/mol. The highest BCUT2D eigenvalue weighted by Gasteiger charge is 2.55. The summed E-state index contributed by atoms with van der Waals surface area (Å²) in [7, 11) is 0. The molecular formula is C36H49ClN6O2. The van der Waals surface area contributed by atoms with Gasteiger partial charge in [0.1, 0.15) is 23.1 Å². The largest absolute Gasteiger partial charge is 0.460 e. The molecule has 45 heavy (non-hydrogen) atoms. The Morgan fingerprint density at radius 2 is 1.82 bits per heavy atom. The van der Waals surface area contributed by atoms with Crippen LogP contribution in [0, 0.1) is 39.9 Å². The lowest BCUT2D eigenvalue weighted by molar-refractivity contribution is -0.158. The molecule has 5 saturated carbocycles. The van der Waals surface area contributed by atoms with Gasteiger partial charge >= 0.3 is 5.97 Å². The van der Waals surface area contributed by atoms with Crippen LogP contribution in [-0.4, -0.2) is 40.2 Å². The molecule has 0 radical (unpaired) electrons. The first-order chi connectivity index (χ1) is 21.4. The second-order valence-corrected chi connectivity index (χ2v) is 16.3. The molecule has 1 aromatic heterocycles. The standard InChI is InChI=1S/C36H49ClN6O2/c1-34(2,3)45-30(44)18-35(4)11-9-28(10-12-35)42-31-25-13-23-14-26(31)17-36(15-23,16-25)22-41-32-27(19-38)21-40-33(43-32)39-20-24-7-5-6-8-29(24)37/h5-8,21,23,25-26,28,31,42H,9-18,20,22H2,1-4H3,(H2,39,40,41,43)/t23?,25-,26+,28?,31?,35?,36?. The van der Waals surface area contributed by atoms with E-state index in [4.69, 9.17) is 21.3 Å². The highest BCUT2D eigenvalue weighted by atomic mass is 35.5. The number of ether oxygens (including phenoxy) is 1. The van der Waals surface area contributed by atoms with Crippen molar-refractivity contribution in [3.8, 4) is 6.07 Å². The molecule has 7 rings (SSSR count). The first-order valence-corrected chi connectivity index (χ1v) is 17.3. The van der Waals surface area contributed by atoms with Gasteiger partial charge in [-0.2, -0.15) is 10.2 Å². The van der Waals surface area contributed by atoms with E-state index in [-0.39, 0.29) is 16.8 Å². The highest BCUT2D eigenvalue weighted by Crippen LogP contribution is 2.60. The SMILES string of the molecule is CC1(CC(=O)OC(C)(C)C)CCC(NC2[C@@H]3CC4C[C@H]2CC(CNc2nc(NCc5ccccc5Cl)ncc2C#N)(C4)C3)CC1. The minimum Gasteiger partial charge on any atom is -0.460 e. The molecule has 3 unspecified atom stereocenters. The van der Waals surface area contributed by atoms with Crippen molar-refractivity contribution in [2.24, 2.45) is 28.6 Å². The van der Waals surface area contributed by atoms with Gasteiger partial charge in [-0.1, -0.05) is 36.7 Å². The topological polar surface area (TPSA) is 112 Å². The molecule has 2 aromatic rings. The van der Waals surface area contributed by atoms with Crippen molar-refractivity contribution in [3.05, 3.63) is 46.6 Å². The Kier molecular flexibility index (Phi) is 9.06. The molecule has 1 aromatic carbocycles. The molecule has 242 valence electrons. The van der Waals surface area contributed by atoms with Gasteiger partial charge in [-0.25, -0.2) is 4.98 Å². The number of anilines is 2. The molecule has 4 bridgehead atoms. The maximum absolute atomic E-state index is 12.5. The molecule has 5 atom stereocenters. The maximum Gasteiger partial charge on any atom is 0.306 e. The molecule has 0 spiro atoms. The van der Waals surface area contributed by atoms with Crippen molar-refractivity contribution in [2.45, 2.75) is 116 Å². The van der Waals surface area contributed by atoms with Crippen LogP contribution in [0.25, 0.3) is 0 Å². The Morgan fingerprint density at radius 1 is 1.11 bits per heavy atom. The van der Waals surface area contributed by atoms with Crippen LogP contribution in [0.4, 0.5) is 11.8 Å². The van der Waals surface area contributed by atoms with E-state index in [1.54, 1.807) is 6.20 Å². The first-order valence-electron chi connectivity index (χ1n) is 16.9. The summed E-state index contributed by atoms with van der Waals surface area (Å²) in [5.74, 6) is 3.21. The van der Waals surface area contributed by atoms with Gasteiger partial charge < -0.3 is 20.7 Å². The number of carbonyl (C=O) groups is 1. The number of nitrogens with one attached hydrogen (secondary N) is 3. The summed E-state index contributed by atoms with van der Waals surface area (Å²) in [6.07, 6.45) is 12.9. The Bertz CT molecular complexity index is 1410. The van der Waals surface area contributed by atoms with Gasteiger partial charge in [-0.05, 0) is 119 Å². The summed E-state index contributed by atoms with van der Waals surface area (Å²) < 4.78 is 5.64. The van der Waals surface area contributed by atoms with Crippen LogP contribution in [-0.2, 0) is 16.1 Å². The summed E-state index contributed by atoms with van der Waals surface area (Å²) in [6, 6.07) is 11.1. The van der Waals surface area contributed by atoms with Gasteiger partial charge in [0.15, 0.2) is 0 Å². The van der Waals surface area contributed by atoms with E-state index >= 15 is 0 Å². The number of hydrogen-bond acceptors (Lipinski definition) is 8. The third-order valence-corrected chi connectivity index (χ3v) is 11.3. The molecule has 3 N–H and O–H groups in total. The lowest BCUT2D eigenvalue weighted by Crippen LogP contribution is -2.61. The quantitative estimate of drug-likeness (QED) is 0.231. The molecule has 5 aliphatic rings. The van der Waals surface area contributed by atoms with Crippen molar-refractivity contribution in [1.82, 2.24) is 15.3 Å². The monoisotopic (exact) mass is 632 g/mol. The fourth-order valence-electron chi connectivity index (χ4n) is 9.11. The van der Waals surface area contributed by atoms with E-state index in [0.29, 0.717) is 59.2 Å². The van der Waals surface area contributed by atoms with E-state index in [1.165, 1.54) is 32.1 Å². The van der Waals surface area contributed by atoms with E-state index < -0.39 is 5.60 Å². The van der Waals surface area contributed by atoms with Gasteiger partial charge in [-0.15, -0.1) is 0 Å². The zero-order valence-corrected chi connectivity index (χ0v) is 28.1. The summed E-state index contributed by atoms with van der Waals surface area (Å²) in [5, 5.41) is 21.5. The molecular weight excluding hydrogens is 584 g/mol. The van der Waals surface area contributed by atoms with Gasteiger partial charge in [0.05, 0.1) is 12.6 Å². The van der Waals surface area contributed by atoms with Crippen molar-refractivity contribution in [2.75, 3.05) is 17.2 Å². The van der Waals surface area contributed by atoms with Crippen LogP contribution in [0.15, 0.2) is 30.5 Å². The van der Waals surface area contributed by atoms with Crippen molar-refractivity contribution in [3.63, 3.8) is 0 Å². The summed E-state index contributed by atoms with van der Waals surface area (Å²) in [4.78, 5) is 21.6. The van der Waals surface area contributed by atoms with Gasteiger partial charge in [-0.3, -0.25) is 4.79 Å². The van der Waals surface area contributed by atoms with E-state index in [2.05, 4.69) is 33.9 Å². The number of esters is 1. The predicted octanol–water partition coefficient (Wildman–Crippen LogP) is 7.49. The predicted molar refractivity (Wildman–Crippen MR) is 178 cm³/mol. The number of nitrogens with zero attached hydrogens (tertiary/aromatic N) is 3. The second kappa shape index (κ2) is 12.7. The summed E-state index contributed by atoms with van der Waals surface area (Å²) in [5.41, 5.74) is 1.30. The number of nitriles is 1. The van der Waals surface area contributed by atoms with E-state index in [0.717, 1.165) is 43.7 Å². The molecule has 1 heterocycles. The number of hydrogen-bond donors (Lipinski definition) is 3. The molecule has 5 aliphatic carbocycles. The van der Waals surface area contributed by atoms with Crippen LogP contribution >= 0.6 is 11.6 Å². The Hall–Kier alpha value is -2.89. The third kappa shape index (κ3) is 7.58. The lowest BCUT2D eigenvalue weighted by Gasteiger charge is -2.61. The van der Waals surface area contributed by atoms with Crippen LogP contribution in [0.3, 0.4) is 0 Å². The van der Waals surface area contributed by atoms with Crippen LogP contribution < -0.4 is 16.0 Å². The minimum atomic E-state index is -0.427. The molecule has 0 aliphatic heterocycles. The average Bonchev–Trinajstić information content (AvgIpc) is 2.97. The highest BCUT2D eigenvalue weighted by molar-refractivity contribution is 6.31.